The monoisotopic (exact) mass is 728 g/mol. The van der Waals surface area contributed by atoms with Gasteiger partial charge in [-0.3, -0.25) is 0 Å². The number of hydrogen-bond donors (Lipinski definition) is 0. The van der Waals surface area contributed by atoms with Crippen molar-refractivity contribution in [2.45, 2.75) is 0 Å². The first-order valence-corrected chi connectivity index (χ1v) is 19.0. The normalized spacial score (nSPS) is 11.5. The van der Waals surface area contributed by atoms with Crippen LogP contribution in [0.15, 0.2) is 199 Å². The maximum Gasteiger partial charge on any atom is 0.227 e. The SMILES string of the molecule is N#Cc1cccc(-c2cccc(N(c3ccc4ccc5ccc6nc(-c7ccccc7)oc6c5c4c3)c3cccc4c5ccccc5n(-c5ccccc5)c34)c2)c1. The summed E-state index contributed by atoms with van der Waals surface area (Å²) < 4.78 is 9.02. The molecule has 0 aliphatic heterocycles. The fraction of sp³-hybridized carbons (Fsp3) is 0. The molecule has 9 aromatic carbocycles. The van der Waals surface area contributed by atoms with E-state index in [-0.39, 0.29) is 0 Å². The molecule has 0 aliphatic carbocycles. The lowest BCUT2D eigenvalue weighted by molar-refractivity contribution is 0.623. The molecule has 5 heteroatoms. The van der Waals surface area contributed by atoms with E-state index in [4.69, 9.17) is 9.40 Å². The van der Waals surface area contributed by atoms with E-state index in [9.17, 15) is 5.26 Å². The van der Waals surface area contributed by atoms with Crippen LogP contribution in [0.5, 0.6) is 0 Å². The van der Waals surface area contributed by atoms with Crippen LogP contribution in [0.2, 0.25) is 0 Å². The quantitative estimate of drug-likeness (QED) is 0.160. The summed E-state index contributed by atoms with van der Waals surface area (Å²) in [5.41, 5.74) is 11.5. The van der Waals surface area contributed by atoms with E-state index in [1.807, 2.05) is 54.6 Å². The van der Waals surface area contributed by atoms with Gasteiger partial charge in [0.05, 0.1) is 28.4 Å². The minimum atomic E-state index is 0.602. The van der Waals surface area contributed by atoms with Gasteiger partial charge in [-0.15, -0.1) is 0 Å². The standard InChI is InChI=1S/C52H32N4O/c53-33-34-12-9-15-38(30-34)39-16-10-19-41(31-39)55(48-23-11-21-44-43-20-7-8-22-47(43)56(50(44)48)40-17-5-2-6-18-40)42-28-26-35-24-25-36-27-29-46-51(49(36)45(35)32-42)57-52(54-46)37-13-3-1-4-14-37/h1-32H. The Morgan fingerprint density at radius 2 is 1.19 bits per heavy atom. The molecule has 11 aromatic rings. The minimum Gasteiger partial charge on any atom is -0.435 e. The number of rotatable bonds is 6. The van der Waals surface area contributed by atoms with E-state index in [0.29, 0.717) is 11.5 Å². The Hall–Kier alpha value is -7.94. The lowest BCUT2D eigenvalue weighted by Gasteiger charge is -2.28. The number of para-hydroxylation sites is 3. The smallest absolute Gasteiger partial charge is 0.227 e. The highest BCUT2D eigenvalue weighted by atomic mass is 16.3. The summed E-state index contributed by atoms with van der Waals surface area (Å²) in [6.45, 7) is 0. The molecule has 5 nitrogen and oxygen atoms in total. The van der Waals surface area contributed by atoms with Crippen molar-refractivity contribution in [3.8, 4) is 34.3 Å². The molecule has 0 spiro atoms. The van der Waals surface area contributed by atoms with Gasteiger partial charge >= 0.3 is 0 Å². The average molecular weight is 729 g/mol. The van der Waals surface area contributed by atoms with Gasteiger partial charge in [0.25, 0.3) is 0 Å². The zero-order chi connectivity index (χ0) is 37.9. The first-order valence-electron chi connectivity index (χ1n) is 19.0. The summed E-state index contributed by atoms with van der Waals surface area (Å²) in [6.07, 6.45) is 0. The van der Waals surface area contributed by atoms with Crippen molar-refractivity contribution in [2.24, 2.45) is 0 Å². The predicted molar refractivity (Wildman–Crippen MR) is 234 cm³/mol. The van der Waals surface area contributed by atoms with Gasteiger partial charge in [-0.2, -0.15) is 5.26 Å². The molecule has 0 aliphatic rings. The van der Waals surface area contributed by atoms with E-state index >= 15 is 0 Å². The molecule has 0 N–H and O–H groups in total. The van der Waals surface area contributed by atoms with Gasteiger partial charge in [-0.25, -0.2) is 4.98 Å². The Kier molecular flexibility index (Phi) is 7.48. The van der Waals surface area contributed by atoms with E-state index in [1.54, 1.807) is 0 Å². The van der Waals surface area contributed by atoms with Gasteiger partial charge in [0.2, 0.25) is 5.89 Å². The van der Waals surface area contributed by atoms with Crippen molar-refractivity contribution in [1.82, 2.24) is 9.55 Å². The van der Waals surface area contributed by atoms with Gasteiger partial charge in [-0.1, -0.05) is 115 Å². The molecule has 0 bridgehead atoms. The highest BCUT2D eigenvalue weighted by molar-refractivity contribution is 6.19. The molecule has 0 saturated carbocycles. The molecule has 2 aromatic heterocycles. The second kappa shape index (κ2) is 13.1. The van der Waals surface area contributed by atoms with Crippen molar-refractivity contribution in [2.75, 3.05) is 4.90 Å². The van der Waals surface area contributed by atoms with E-state index in [1.165, 1.54) is 5.39 Å². The number of nitrogens with zero attached hydrogens (tertiary/aromatic N) is 4. The van der Waals surface area contributed by atoms with Crippen LogP contribution in [0, 0.1) is 11.3 Å². The number of aromatic nitrogens is 2. The van der Waals surface area contributed by atoms with Crippen molar-refractivity contribution in [3.05, 3.63) is 200 Å². The van der Waals surface area contributed by atoms with Crippen molar-refractivity contribution in [1.29, 1.82) is 5.26 Å². The van der Waals surface area contributed by atoms with Gasteiger partial charge in [0.1, 0.15) is 5.52 Å². The fourth-order valence-electron chi connectivity index (χ4n) is 8.40. The molecule has 0 unspecified atom stereocenters. The lowest BCUT2D eigenvalue weighted by atomic mass is 9.99. The van der Waals surface area contributed by atoms with E-state index < -0.39 is 0 Å². The van der Waals surface area contributed by atoms with Crippen LogP contribution in [-0.2, 0) is 0 Å². The number of nitriles is 1. The molecular weight excluding hydrogens is 697 g/mol. The molecule has 0 fully saturated rings. The number of oxazole rings is 1. The zero-order valence-electron chi connectivity index (χ0n) is 30.7. The molecule has 57 heavy (non-hydrogen) atoms. The molecule has 0 atom stereocenters. The summed E-state index contributed by atoms with van der Waals surface area (Å²) >= 11 is 0. The maximum absolute atomic E-state index is 9.75. The Morgan fingerprint density at radius 1 is 0.526 bits per heavy atom. The van der Waals surface area contributed by atoms with Crippen molar-refractivity contribution in [3.63, 3.8) is 0 Å². The van der Waals surface area contributed by atoms with Gasteiger partial charge < -0.3 is 13.9 Å². The summed E-state index contributed by atoms with van der Waals surface area (Å²) in [5.74, 6) is 0.602. The summed E-state index contributed by atoms with van der Waals surface area (Å²) in [6, 6.07) is 69.8. The third-order valence-electron chi connectivity index (χ3n) is 11.0. The van der Waals surface area contributed by atoms with Gasteiger partial charge in [0.15, 0.2) is 5.58 Å². The van der Waals surface area contributed by atoms with Crippen LogP contribution in [0.4, 0.5) is 17.1 Å². The van der Waals surface area contributed by atoms with Crippen LogP contribution in [0.3, 0.4) is 0 Å². The number of hydrogen-bond acceptors (Lipinski definition) is 4. The zero-order valence-corrected chi connectivity index (χ0v) is 30.7. The molecule has 0 radical (unpaired) electrons. The number of benzene rings is 9. The second-order valence-electron chi connectivity index (χ2n) is 14.3. The van der Waals surface area contributed by atoms with Crippen molar-refractivity contribution < 1.29 is 4.42 Å². The Morgan fingerprint density at radius 3 is 2.05 bits per heavy atom. The fourth-order valence-corrected chi connectivity index (χ4v) is 8.40. The van der Waals surface area contributed by atoms with Crippen LogP contribution < -0.4 is 4.90 Å². The third kappa shape index (κ3) is 5.35. The first-order chi connectivity index (χ1) is 28.2. The Balaban J connectivity index is 1.21. The Labute approximate surface area is 328 Å². The third-order valence-corrected chi connectivity index (χ3v) is 11.0. The highest BCUT2D eigenvalue weighted by Gasteiger charge is 2.23. The lowest BCUT2D eigenvalue weighted by Crippen LogP contribution is -2.12. The molecule has 2 heterocycles. The van der Waals surface area contributed by atoms with Gasteiger partial charge in [-0.05, 0) is 106 Å². The predicted octanol–water partition coefficient (Wildman–Crippen LogP) is 13.9. The van der Waals surface area contributed by atoms with E-state index in [0.717, 1.165) is 88.5 Å². The summed E-state index contributed by atoms with van der Waals surface area (Å²) in [5, 5.41) is 16.4. The molecular formula is C52H32N4O. The highest BCUT2D eigenvalue weighted by Crippen LogP contribution is 2.45. The molecule has 11 rings (SSSR count). The van der Waals surface area contributed by atoms with Crippen LogP contribution in [0.25, 0.3) is 82.7 Å². The van der Waals surface area contributed by atoms with Crippen LogP contribution in [0.1, 0.15) is 5.56 Å². The van der Waals surface area contributed by atoms with Crippen molar-refractivity contribution >= 4 is 71.5 Å². The summed E-state index contributed by atoms with van der Waals surface area (Å²) in [4.78, 5) is 7.30. The average Bonchev–Trinajstić information content (AvgIpc) is 3.88. The van der Waals surface area contributed by atoms with Crippen LogP contribution >= 0.6 is 0 Å². The minimum absolute atomic E-state index is 0.602. The van der Waals surface area contributed by atoms with E-state index in [2.05, 4.69) is 155 Å². The Bertz CT molecular complexity index is 3370. The number of anilines is 3. The maximum atomic E-state index is 9.75. The largest absolute Gasteiger partial charge is 0.435 e. The summed E-state index contributed by atoms with van der Waals surface area (Å²) in [7, 11) is 0. The van der Waals surface area contributed by atoms with Gasteiger partial charge in [0, 0.05) is 38.8 Å². The topological polar surface area (TPSA) is 58.0 Å². The van der Waals surface area contributed by atoms with Crippen LogP contribution in [-0.4, -0.2) is 9.55 Å². The second-order valence-corrected chi connectivity index (χ2v) is 14.3. The molecule has 266 valence electrons. The molecule has 0 saturated heterocycles. The first kappa shape index (κ1) is 32.5. The molecule has 0 amide bonds. The number of fused-ring (bicyclic) bond motifs is 8.